The number of hydrogen-bond donors (Lipinski definition) is 1. The predicted octanol–water partition coefficient (Wildman–Crippen LogP) is 4.67. The first-order valence-electron chi connectivity index (χ1n) is 8.25. The zero-order chi connectivity index (χ0) is 17.4. The Labute approximate surface area is 142 Å². The molecule has 126 valence electrons. The molecule has 2 aromatic carbocycles. The van der Waals surface area contributed by atoms with Crippen molar-refractivity contribution in [2.75, 3.05) is 5.32 Å². The minimum Gasteiger partial charge on any atom is -0.427 e. The molecule has 1 unspecified atom stereocenters. The highest BCUT2D eigenvalue weighted by molar-refractivity contribution is 6.04. The normalized spacial score (nSPS) is 11.6. The second-order valence-electron chi connectivity index (χ2n) is 5.92. The summed E-state index contributed by atoms with van der Waals surface area (Å²) in [6, 6.07) is 15.8. The summed E-state index contributed by atoms with van der Waals surface area (Å²) in [5.74, 6) is 0.416. The quantitative estimate of drug-likeness (QED) is 0.594. The summed E-state index contributed by atoms with van der Waals surface area (Å²) in [5, 5.41) is 2.81. The van der Waals surface area contributed by atoms with Crippen LogP contribution >= 0.6 is 0 Å². The summed E-state index contributed by atoms with van der Waals surface area (Å²) in [6.07, 6.45) is 2.49. The highest BCUT2D eigenvalue weighted by Crippen LogP contribution is 2.18. The number of hydrogen-bond acceptors (Lipinski definition) is 3. The molecule has 0 fully saturated rings. The Morgan fingerprint density at radius 1 is 1.04 bits per heavy atom. The third kappa shape index (κ3) is 5.54. The van der Waals surface area contributed by atoms with E-state index in [1.807, 2.05) is 25.1 Å². The van der Waals surface area contributed by atoms with Crippen molar-refractivity contribution < 1.29 is 14.3 Å². The number of benzene rings is 2. The van der Waals surface area contributed by atoms with Gasteiger partial charge in [-0.15, -0.1) is 0 Å². The average Bonchev–Trinajstić information content (AvgIpc) is 2.57. The van der Waals surface area contributed by atoms with Gasteiger partial charge in [-0.3, -0.25) is 9.59 Å². The summed E-state index contributed by atoms with van der Waals surface area (Å²) in [5.41, 5.74) is 1.25. The first-order chi connectivity index (χ1) is 11.6. The Morgan fingerprint density at radius 2 is 1.71 bits per heavy atom. The molecule has 0 aromatic heterocycles. The molecule has 1 atom stereocenters. The molecule has 1 amide bonds. The number of nitrogens with one attached hydrogen (secondary N) is 1. The van der Waals surface area contributed by atoms with Crippen LogP contribution in [0.15, 0.2) is 54.6 Å². The molecular formula is C20H23NO3. The van der Waals surface area contributed by atoms with Gasteiger partial charge in [0, 0.05) is 17.7 Å². The molecule has 4 nitrogen and oxygen atoms in total. The Hall–Kier alpha value is -2.62. The fourth-order valence-corrected chi connectivity index (χ4v) is 2.45. The monoisotopic (exact) mass is 325 g/mol. The second kappa shape index (κ2) is 8.87. The lowest BCUT2D eigenvalue weighted by Crippen LogP contribution is -2.13. The van der Waals surface area contributed by atoms with Crippen molar-refractivity contribution in [1.82, 2.24) is 0 Å². The van der Waals surface area contributed by atoms with E-state index in [4.69, 9.17) is 4.74 Å². The number of ether oxygens (including phenoxy) is 1. The molecule has 0 radical (unpaired) electrons. The lowest BCUT2D eigenvalue weighted by molar-refractivity contribution is -0.135. The number of esters is 1. The molecule has 0 aliphatic carbocycles. The number of carbonyl (C=O) groups excluding carboxylic acids is 2. The highest BCUT2D eigenvalue weighted by atomic mass is 16.5. The van der Waals surface area contributed by atoms with Crippen molar-refractivity contribution in [3.63, 3.8) is 0 Å². The van der Waals surface area contributed by atoms with E-state index >= 15 is 0 Å². The number of anilines is 1. The van der Waals surface area contributed by atoms with Gasteiger partial charge in [-0.25, -0.2) is 0 Å². The van der Waals surface area contributed by atoms with E-state index in [1.165, 1.54) is 0 Å². The van der Waals surface area contributed by atoms with Crippen LogP contribution in [0.5, 0.6) is 5.75 Å². The largest absolute Gasteiger partial charge is 0.427 e. The van der Waals surface area contributed by atoms with Gasteiger partial charge in [-0.1, -0.05) is 44.9 Å². The smallest absolute Gasteiger partial charge is 0.311 e. The zero-order valence-electron chi connectivity index (χ0n) is 14.1. The number of carbonyl (C=O) groups is 2. The fraction of sp³-hybridized carbons (Fsp3) is 0.300. The molecular weight excluding hydrogens is 302 g/mol. The maximum atomic E-state index is 12.1. The van der Waals surface area contributed by atoms with Gasteiger partial charge in [0.2, 0.25) is 0 Å². The molecule has 0 aliphatic rings. The van der Waals surface area contributed by atoms with Gasteiger partial charge >= 0.3 is 5.97 Å². The van der Waals surface area contributed by atoms with Crippen LogP contribution in [0.3, 0.4) is 0 Å². The van der Waals surface area contributed by atoms with Crippen LogP contribution in [-0.2, 0) is 4.79 Å². The van der Waals surface area contributed by atoms with Crippen LogP contribution in [0.1, 0.15) is 43.5 Å². The summed E-state index contributed by atoms with van der Waals surface area (Å²) in [7, 11) is 0. The van der Waals surface area contributed by atoms with Gasteiger partial charge in [-0.05, 0) is 42.3 Å². The molecule has 0 bridgehead atoms. The minimum atomic E-state index is -0.225. The van der Waals surface area contributed by atoms with Crippen LogP contribution < -0.4 is 10.1 Å². The standard InChI is InChI=1S/C20H23NO3/c1-3-7-15(2)14-19(22)24-18-12-10-17(11-13-18)21-20(23)16-8-5-4-6-9-16/h4-6,8-13,15H,3,7,14H2,1-2H3,(H,21,23). The minimum absolute atomic E-state index is 0.172. The summed E-state index contributed by atoms with van der Waals surface area (Å²) >= 11 is 0. The van der Waals surface area contributed by atoms with Crippen LogP contribution in [0.2, 0.25) is 0 Å². The molecule has 4 heteroatoms. The first kappa shape index (κ1) is 17.7. The average molecular weight is 325 g/mol. The molecule has 0 saturated heterocycles. The molecule has 2 aromatic rings. The fourth-order valence-electron chi connectivity index (χ4n) is 2.45. The Morgan fingerprint density at radius 3 is 2.33 bits per heavy atom. The van der Waals surface area contributed by atoms with E-state index in [1.54, 1.807) is 36.4 Å². The van der Waals surface area contributed by atoms with Crippen molar-refractivity contribution in [3.05, 3.63) is 60.2 Å². The van der Waals surface area contributed by atoms with Crippen LogP contribution in [0, 0.1) is 5.92 Å². The van der Waals surface area contributed by atoms with Gasteiger partial charge < -0.3 is 10.1 Å². The first-order valence-corrected chi connectivity index (χ1v) is 8.25. The maximum absolute atomic E-state index is 12.1. The molecule has 0 heterocycles. The van der Waals surface area contributed by atoms with Gasteiger partial charge in [0.25, 0.3) is 5.91 Å². The van der Waals surface area contributed by atoms with Crippen LogP contribution in [0.25, 0.3) is 0 Å². The zero-order valence-corrected chi connectivity index (χ0v) is 14.1. The van der Waals surface area contributed by atoms with Crippen molar-refractivity contribution in [2.24, 2.45) is 5.92 Å². The summed E-state index contributed by atoms with van der Waals surface area (Å²) < 4.78 is 5.32. The third-order valence-electron chi connectivity index (χ3n) is 3.68. The Balaban J connectivity index is 1.89. The van der Waals surface area contributed by atoms with Crippen molar-refractivity contribution in [3.8, 4) is 5.75 Å². The lowest BCUT2D eigenvalue weighted by atomic mass is 10.0. The summed E-state index contributed by atoms with van der Waals surface area (Å²) in [4.78, 5) is 23.9. The van der Waals surface area contributed by atoms with Gasteiger partial charge in [0.1, 0.15) is 5.75 Å². The number of rotatable bonds is 7. The molecule has 1 N–H and O–H groups in total. The highest BCUT2D eigenvalue weighted by Gasteiger charge is 2.11. The van der Waals surface area contributed by atoms with Crippen molar-refractivity contribution in [1.29, 1.82) is 0 Å². The topological polar surface area (TPSA) is 55.4 Å². The summed E-state index contributed by atoms with van der Waals surface area (Å²) in [6.45, 7) is 4.15. The van der Waals surface area contributed by atoms with Crippen LogP contribution in [0.4, 0.5) is 5.69 Å². The van der Waals surface area contributed by atoms with E-state index in [9.17, 15) is 9.59 Å². The van der Waals surface area contributed by atoms with E-state index < -0.39 is 0 Å². The van der Waals surface area contributed by atoms with Gasteiger partial charge in [0.05, 0.1) is 0 Å². The van der Waals surface area contributed by atoms with E-state index in [-0.39, 0.29) is 11.9 Å². The van der Waals surface area contributed by atoms with E-state index in [0.29, 0.717) is 29.3 Å². The molecule has 0 saturated carbocycles. The SMILES string of the molecule is CCCC(C)CC(=O)Oc1ccc(NC(=O)c2ccccc2)cc1. The molecule has 2 rings (SSSR count). The van der Waals surface area contributed by atoms with E-state index in [2.05, 4.69) is 12.2 Å². The lowest BCUT2D eigenvalue weighted by Gasteiger charge is -2.10. The number of amides is 1. The predicted molar refractivity (Wildman–Crippen MR) is 95.2 cm³/mol. The van der Waals surface area contributed by atoms with E-state index in [0.717, 1.165) is 12.8 Å². The Kier molecular flexibility index (Phi) is 6.55. The molecule has 0 aliphatic heterocycles. The maximum Gasteiger partial charge on any atom is 0.311 e. The van der Waals surface area contributed by atoms with Crippen molar-refractivity contribution >= 4 is 17.6 Å². The molecule has 0 spiro atoms. The van der Waals surface area contributed by atoms with Crippen LogP contribution in [-0.4, -0.2) is 11.9 Å². The van der Waals surface area contributed by atoms with Crippen molar-refractivity contribution in [2.45, 2.75) is 33.1 Å². The third-order valence-corrected chi connectivity index (χ3v) is 3.68. The van der Waals surface area contributed by atoms with Gasteiger partial charge in [0.15, 0.2) is 0 Å². The Bertz CT molecular complexity index is 665. The molecule has 24 heavy (non-hydrogen) atoms. The van der Waals surface area contributed by atoms with Gasteiger partial charge in [-0.2, -0.15) is 0 Å². The second-order valence-corrected chi connectivity index (χ2v) is 5.92.